The maximum absolute atomic E-state index is 12.3. The lowest BCUT2D eigenvalue weighted by molar-refractivity contribution is 0.0953. The third-order valence-electron chi connectivity index (χ3n) is 4.36. The number of nitrogens with one attached hydrogen (secondary N) is 2. The van der Waals surface area contributed by atoms with Crippen molar-refractivity contribution in [3.05, 3.63) is 65.8 Å². The topological polar surface area (TPSA) is 66.9 Å². The number of amides is 1. The first kappa shape index (κ1) is 17.1. The molecule has 0 bridgehead atoms. The number of carbonyl (C=O) groups excluding carboxylic acids is 1. The van der Waals surface area contributed by atoms with Gasteiger partial charge < -0.3 is 10.6 Å². The summed E-state index contributed by atoms with van der Waals surface area (Å²) in [5, 5.41) is 6.28. The molecule has 0 spiro atoms. The van der Waals surface area contributed by atoms with E-state index in [2.05, 4.69) is 26.7 Å². The van der Waals surface area contributed by atoms with Crippen molar-refractivity contribution in [3.8, 4) is 0 Å². The second-order valence-corrected chi connectivity index (χ2v) is 6.29. The molecule has 0 unspecified atom stereocenters. The third kappa shape index (κ3) is 5.41. The van der Waals surface area contributed by atoms with E-state index in [-0.39, 0.29) is 5.91 Å². The van der Waals surface area contributed by atoms with Crippen molar-refractivity contribution in [1.29, 1.82) is 0 Å². The molecule has 0 fully saturated rings. The lowest BCUT2D eigenvalue weighted by Gasteiger charge is -2.13. The minimum Gasteiger partial charge on any atom is -0.380 e. The van der Waals surface area contributed by atoms with Crippen molar-refractivity contribution in [2.75, 3.05) is 11.9 Å². The number of aromatic nitrogens is 2. The van der Waals surface area contributed by atoms with Crippen LogP contribution >= 0.6 is 0 Å². The van der Waals surface area contributed by atoms with E-state index in [9.17, 15) is 4.79 Å². The summed E-state index contributed by atoms with van der Waals surface area (Å²) >= 11 is 0. The average Bonchev–Trinajstić information content (AvgIpc) is 2.68. The average molecular weight is 336 g/mol. The van der Waals surface area contributed by atoms with Crippen LogP contribution in [0.4, 0.5) is 5.69 Å². The molecular weight excluding hydrogens is 312 g/mol. The van der Waals surface area contributed by atoms with Crippen LogP contribution in [0.1, 0.15) is 48.0 Å². The normalized spacial score (nSPS) is 13.8. The number of pyridine rings is 2. The maximum Gasteiger partial charge on any atom is 0.252 e. The summed E-state index contributed by atoms with van der Waals surface area (Å²) in [4.78, 5) is 20.5. The predicted molar refractivity (Wildman–Crippen MR) is 99.3 cm³/mol. The van der Waals surface area contributed by atoms with E-state index in [0.717, 1.165) is 17.7 Å². The van der Waals surface area contributed by atoms with Crippen LogP contribution in [0.5, 0.6) is 0 Å². The summed E-state index contributed by atoms with van der Waals surface area (Å²) < 4.78 is 0. The van der Waals surface area contributed by atoms with Crippen LogP contribution in [-0.2, 0) is 6.54 Å². The zero-order valence-electron chi connectivity index (χ0n) is 14.4. The number of hydrogen-bond acceptors (Lipinski definition) is 4. The second-order valence-electron chi connectivity index (χ2n) is 6.29. The number of carbonyl (C=O) groups is 1. The Kier molecular flexibility index (Phi) is 6.15. The van der Waals surface area contributed by atoms with Gasteiger partial charge in [-0.2, -0.15) is 0 Å². The van der Waals surface area contributed by atoms with E-state index >= 15 is 0 Å². The third-order valence-corrected chi connectivity index (χ3v) is 4.36. The van der Waals surface area contributed by atoms with Gasteiger partial charge in [-0.25, -0.2) is 0 Å². The predicted octanol–water partition coefficient (Wildman–Crippen LogP) is 3.71. The fourth-order valence-electron chi connectivity index (χ4n) is 2.94. The molecule has 1 amide bonds. The SMILES string of the molecule is O=C(NCCC1=CCCCC1)c1cncc(NCc2ccncc2)c1. The van der Waals surface area contributed by atoms with Crippen LogP contribution in [0, 0.1) is 0 Å². The van der Waals surface area contributed by atoms with Crippen molar-refractivity contribution in [2.24, 2.45) is 0 Å². The molecule has 0 saturated heterocycles. The van der Waals surface area contributed by atoms with Gasteiger partial charge in [0.05, 0.1) is 11.3 Å². The highest BCUT2D eigenvalue weighted by Gasteiger charge is 2.08. The molecule has 5 nitrogen and oxygen atoms in total. The van der Waals surface area contributed by atoms with Crippen LogP contribution < -0.4 is 10.6 Å². The molecule has 2 N–H and O–H groups in total. The van der Waals surface area contributed by atoms with E-state index in [4.69, 9.17) is 0 Å². The number of rotatable bonds is 7. The van der Waals surface area contributed by atoms with Crippen LogP contribution in [0.2, 0.25) is 0 Å². The quantitative estimate of drug-likeness (QED) is 0.757. The van der Waals surface area contributed by atoms with Gasteiger partial charge >= 0.3 is 0 Å². The Hall–Kier alpha value is -2.69. The molecule has 2 heterocycles. The Labute approximate surface area is 148 Å². The van der Waals surface area contributed by atoms with Crippen LogP contribution in [0.25, 0.3) is 0 Å². The molecule has 0 aliphatic heterocycles. The summed E-state index contributed by atoms with van der Waals surface area (Å²) in [5.41, 5.74) is 4.01. The van der Waals surface area contributed by atoms with Crippen LogP contribution in [0.15, 0.2) is 54.6 Å². The summed E-state index contributed by atoms with van der Waals surface area (Å²) in [7, 11) is 0. The van der Waals surface area contributed by atoms with Gasteiger partial charge in [0.25, 0.3) is 5.91 Å². The number of hydrogen-bond donors (Lipinski definition) is 2. The highest BCUT2D eigenvalue weighted by atomic mass is 16.1. The molecule has 0 radical (unpaired) electrons. The monoisotopic (exact) mass is 336 g/mol. The van der Waals surface area contributed by atoms with Gasteiger partial charge in [0.2, 0.25) is 0 Å². The molecule has 3 rings (SSSR count). The van der Waals surface area contributed by atoms with Crippen molar-refractivity contribution >= 4 is 11.6 Å². The maximum atomic E-state index is 12.3. The molecule has 0 saturated carbocycles. The Morgan fingerprint density at radius 2 is 2.00 bits per heavy atom. The Bertz CT molecular complexity index is 727. The number of allylic oxidation sites excluding steroid dienone is 1. The van der Waals surface area contributed by atoms with Gasteiger partial charge in [-0.05, 0) is 55.9 Å². The summed E-state index contributed by atoms with van der Waals surface area (Å²) in [6, 6.07) is 5.75. The van der Waals surface area contributed by atoms with E-state index < -0.39 is 0 Å². The lowest BCUT2D eigenvalue weighted by Crippen LogP contribution is -2.25. The second kappa shape index (κ2) is 8.97. The first-order chi connectivity index (χ1) is 12.3. The summed E-state index contributed by atoms with van der Waals surface area (Å²) in [5.74, 6) is -0.0727. The van der Waals surface area contributed by atoms with E-state index in [1.54, 1.807) is 24.8 Å². The first-order valence-corrected chi connectivity index (χ1v) is 8.85. The molecule has 25 heavy (non-hydrogen) atoms. The Morgan fingerprint density at radius 1 is 1.12 bits per heavy atom. The van der Waals surface area contributed by atoms with Gasteiger partial charge in [-0.15, -0.1) is 0 Å². The molecule has 0 aromatic carbocycles. The lowest BCUT2D eigenvalue weighted by atomic mass is 9.97. The zero-order valence-corrected chi connectivity index (χ0v) is 14.4. The minimum absolute atomic E-state index is 0.0727. The molecule has 0 atom stereocenters. The van der Waals surface area contributed by atoms with E-state index in [1.165, 1.54) is 31.3 Å². The Balaban J connectivity index is 1.49. The summed E-state index contributed by atoms with van der Waals surface area (Å²) in [6.07, 6.45) is 15.0. The minimum atomic E-state index is -0.0727. The van der Waals surface area contributed by atoms with E-state index in [0.29, 0.717) is 18.7 Å². The van der Waals surface area contributed by atoms with Crippen LogP contribution in [0.3, 0.4) is 0 Å². The van der Waals surface area contributed by atoms with Gasteiger partial charge in [0.1, 0.15) is 0 Å². The Morgan fingerprint density at radius 3 is 2.80 bits per heavy atom. The van der Waals surface area contributed by atoms with Gasteiger partial charge in [-0.1, -0.05) is 11.6 Å². The molecule has 1 aliphatic rings. The van der Waals surface area contributed by atoms with E-state index in [1.807, 2.05) is 18.2 Å². The number of anilines is 1. The molecule has 1 aliphatic carbocycles. The first-order valence-electron chi connectivity index (χ1n) is 8.85. The van der Waals surface area contributed by atoms with Gasteiger partial charge in [0.15, 0.2) is 0 Å². The molecule has 5 heteroatoms. The highest BCUT2D eigenvalue weighted by Crippen LogP contribution is 2.19. The van der Waals surface area contributed by atoms with Crippen molar-refractivity contribution < 1.29 is 4.79 Å². The number of nitrogens with zero attached hydrogens (tertiary/aromatic N) is 2. The molecule has 2 aromatic heterocycles. The van der Waals surface area contributed by atoms with Gasteiger partial charge in [-0.3, -0.25) is 14.8 Å². The smallest absolute Gasteiger partial charge is 0.252 e. The standard InChI is InChI=1S/C20H24N4O/c25-20(23-11-8-16-4-2-1-3-5-16)18-12-19(15-22-14-18)24-13-17-6-9-21-10-7-17/h4,6-7,9-10,12,14-15,24H,1-3,5,8,11,13H2,(H,23,25). The summed E-state index contributed by atoms with van der Waals surface area (Å²) in [6.45, 7) is 1.35. The zero-order chi connectivity index (χ0) is 17.3. The van der Waals surface area contributed by atoms with Crippen molar-refractivity contribution in [3.63, 3.8) is 0 Å². The van der Waals surface area contributed by atoms with Crippen molar-refractivity contribution in [2.45, 2.75) is 38.6 Å². The highest BCUT2D eigenvalue weighted by molar-refractivity contribution is 5.94. The largest absolute Gasteiger partial charge is 0.380 e. The van der Waals surface area contributed by atoms with Gasteiger partial charge in [0, 0.05) is 37.9 Å². The molecule has 130 valence electrons. The molecule has 2 aromatic rings. The molecular formula is C20H24N4O. The fourth-order valence-corrected chi connectivity index (χ4v) is 2.94. The van der Waals surface area contributed by atoms with Crippen molar-refractivity contribution in [1.82, 2.24) is 15.3 Å². The van der Waals surface area contributed by atoms with Crippen LogP contribution in [-0.4, -0.2) is 22.4 Å². The fraction of sp³-hybridized carbons (Fsp3) is 0.350.